The minimum Gasteiger partial charge on any atom is -0.486 e. The second-order valence-corrected chi connectivity index (χ2v) is 7.46. The van der Waals surface area contributed by atoms with E-state index in [0.717, 1.165) is 44.0 Å². The predicted octanol–water partition coefficient (Wildman–Crippen LogP) is 3.66. The van der Waals surface area contributed by atoms with Gasteiger partial charge in [0.2, 0.25) is 0 Å². The lowest BCUT2D eigenvalue weighted by Crippen LogP contribution is -2.48. The highest BCUT2D eigenvalue weighted by Crippen LogP contribution is 2.38. The zero-order valence-electron chi connectivity index (χ0n) is 16.8. The van der Waals surface area contributed by atoms with E-state index in [0.29, 0.717) is 42.3 Å². The van der Waals surface area contributed by atoms with Gasteiger partial charge in [0, 0.05) is 25.7 Å². The van der Waals surface area contributed by atoms with Crippen molar-refractivity contribution in [2.45, 2.75) is 45.7 Å². The molecule has 0 radical (unpaired) electrons. The van der Waals surface area contributed by atoms with Crippen LogP contribution in [0.4, 0.5) is 0 Å². The summed E-state index contributed by atoms with van der Waals surface area (Å²) in [5.74, 6) is 2.21. The predicted molar refractivity (Wildman–Crippen MR) is 126 cm³/mol. The van der Waals surface area contributed by atoms with Crippen molar-refractivity contribution in [3.8, 4) is 11.5 Å². The SMILES string of the molecule is CCCN1CCC(NC(=NCc2cc(Cl)c3c(c2)OCCO3)NCC)CC1.I. The molecular weight excluding hydrogens is 491 g/mol. The third-order valence-electron chi connectivity index (χ3n) is 4.89. The molecule has 0 saturated carbocycles. The summed E-state index contributed by atoms with van der Waals surface area (Å²) in [5.41, 5.74) is 1.01. The molecule has 1 aromatic rings. The van der Waals surface area contributed by atoms with E-state index in [1.807, 2.05) is 12.1 Å². The van der Waals surface area contributed by atoms with Gasteiger partial charge in [-0.25, -0.2) is 4.99 Å². The summed E-state index contributed by atoms with van der Waals surface area (Å²) in [5, 5.41) is 7.52. The fourth-order valence-corrected chi connectivity index (χ4v) is 3.84. The van der Waals surface area contributed by atoms with Gasteiger partial charge < -0.3 is 25.0 Å². The van der Waals surface area contributed by atoms with Crippen LogP contribution in [0.1, 0.15) is 38.7 Å². The number of nitrogens with zero attached hydrogens (tertiary/aromatic N) is 2. The van der Waals surface area contributed by atoms with Gasteiger partial charge in [-0.2, -0.15) is 0 Å². The number of piperidine rings is 1. The van der Waals surface area contributed by atoms with Crippen LogP contribution in [0.5, 0.6) is 11.5 Å². The Morgan fingerprint density at radius 3 is 2.68 bits per heavy atom. The molecule has 0 spiro atoms. The average molecular weight is 523 g/mol. The first kappa shape index (κ1) is 23.3. The van der Waals surface area contributed by atoms with Crippen LogP contribution in [0.25, 0.3) is 0 Å². The van der Waals surface area contributed by atoms with E-state index in [1.54, 1.807) is 0 Å². The molecule has 2 heterocycles. The molecule has 28 heavy (non-hydrogen) atoms. The van der Waals surface area contributed by atoms with Gasteiger partial charge in [0.1, 0.15) is 13.2 Å². The molecule has 0 aliphatic carbocycles. The number of guanidine groups is 1. The molecule has 2 N–H and O–H groups in total. The lowest BCUT2D eigenvalue weighted by atomic mass is 10.1. The Morgan fingerprint density at radius 1 is 1.21 bits per heavy atom. The second kappa shape index (κ2) is 11.9. The van der Waals surface area contributed by atoms with Crippen molar-refractivity contribution in [3.63, 3.8) is 0 Å². The second-order valence-electron chi connectivity index (χ2n) is 7.06. The van der Waals surface area contributed by atoms with E-state index in [2.05, 4.69) is 29.4 Å². The van der Waals surface area contributed by atoms with Gasteiger partial charge in [0.05, 0.1) is 11.6 Å². The van der Waals surface area contributed by atoms with Crippen LogP contribution in [-0.2, 0) is 6.54 Å². The summed E-state index contributed by atoms with van der Waals surface area (Å²) in [6.45, 7) is 10.3. The zero-order chi connectivity index (χ0) is 19.1. The first-order valence-corrected chi connectivity index (χ1v) is 10.4. The van der Waals surface area contributed by atoms with E-state index >= 15 is 0 Å². The molecule has 6 nitrogen and oxygen atoms in total. The molecule has 0 aromatic heterocycles. The number of rotatable bonds is 6. The highest BCUT2D eigenvalue weighted by Gasteiger charge is 2.20. The summed E-state index contributed by atoms with van der Waals surface area (Å²) >= 11 is 6.33. The highest BCUT2D eigenvalue weighted by molar-refractivity contribution is 14.0. The Hall–Kier alpha value is -0.930. The maximum Gasteiger partial charge on any atom is 0.191 e. The Kier molecular flexibility index (Phi) is 9.94. The Bertz CT molecular complexity index is 651. The normalized spacial score (nSPS) is 17.8. The molecule has 158 valence electrons. The van der Waals surface area contributed by atoms with Crippen molar-refractivity contribution >= 4 is 41.5 Å². The smallest absolute Gasteiger partial charge is 0.191 e. The lowest BCUT2D eigenvalue weighted by molar-refractivity contribution is 0.171. The van der Waals surface area contributed by atoms with E-state index in [4.69, 9.17) is 26.1 Å². The third-order valence-corrected chi connectivity index (χ3v) is 5.17. The summed E-state index contributed by atoms with van der Waals surface area (Å²) in [6, 6.07) is 4.35. The number of hydrogen-bond donors (Lipinski definition) is 2. The molecule has 0 unspecified atom stereocenters. The third kappa shape index (κ3) is 6.56. The van der Waals surface area contributed by atoms with Crippen LogP contribution in [-0.4, -0.2) is 56.3 Å². The van der Waals surface area contributed by atoms with Crippen molar-refractivity contribution in [2.75, 3.05) is 39.4 Å². The molecule has 1 saturated heterocycles. The van der Waals surface area contributed by atoms with Gasteiger partial charge >= 0.3 is 0 Å². The summed E-state index contributed by atoms with van der Waals surface area (Å²) in [7, 11) is 0. The molecule has 0 bridgehead atoms. The number of ether oxygens (including phenoxy) is 2. The molecule has 1 fully saturated rings. The molecule has 3 rings (SSSR count). The highest BCUT2D eigenvalue weighted by atomic mass is 127. The minimum absolute atomic E-state index is 0. The van der Waals surface area contributed by atoms with Gasteiger partial charge in [-0.05, 0) is 50.4 Å². The quantitative estimate of drug-likeness (QED) is 0.339. The summed E-state index contributed by atoms with van der Waals surface area (Å²) in [4.78, 5) is 7.29. The maximum absolute atomic E-state index is 6.33. The zero-order valence-corrected chi connectivity index (χ0v) is 19.9. The molecule has 2 aliphatic heterocycles. The van der Waals surface area contributed by atoms with Gasteiger partial charge in [0.15, 0.2) is 17.5 Å². The van der Waals surface area contributed by atoms with Crippen molar-refractivity contribution in [1.82, 2.24) is 15.5 Å². The molecule has 2 aliphatic rings. The van der Waals surface area contributed by atoms with Crippen molar-refractivity contribution < 1.29 is 9.47 Å². The number of aliphatic imine (C=N–C) groups is 1. The summed E-state index contributed by atoms with van der Waals surface area (Å²) in [6.07, 6.45) is 3.53. The number of halogens is 2. The first-order valence-electron chi connectivity index (χ1n) is 10.0. The van der Waals surface area contributed by atoms with Gasteiger partial charge in [-0.1, -0.05) is 18.5 Å². The Morgan fingerprint density at radius 2 is 1.96 bits per heavy atom. The average Bonchev–Trinajstić information content (AvgIpc) is 2.68. The number of likely N-dealkylation sites (tertiary alicyclic amines) is 1. The van der Waals surface area contributed by atoms with E-state index in [1.165, 1.54) is 13.0 Å². The van der Waals surface area contributed by atoms with Crippen molar-refractivity contribution in [1.29, 1.82) is 0 Å². The van der Waals surface area contributed by atoms with Crippen LogP contribution in [0.3, 0.4) is 0 Å². The van der Waals surface area contributed by atoms with Crippen LogP contribution < -0.4 is 20.1 Å². The first-order chi connectivity index (χ1) is 13.2. The lowest BCUT2D eigenvalue weighted by Gasteiger charge is -2.32. The van der Waals surface area contributed by atoms with Crippen LogP contribution >= 0.6 is 35.6 Å². The fourth-order valence-electron chi connectivity index (χ4n) is 3.56. The Labute approximate surface area is 190 Å². The van der Waals surface area contributed by atoms with Gasteiger partial charge in [-0.3, -0.25) is 0 Å². The molecule has 0 atom stereocenters. The number of nitrogens with one attached hydrogen (secondary N) is 2. The number of hydrogen-bond acceptors (Lipinski definition) is 4. The van der Waals surface area contributed by atoms with E-state index < -0.39 is 0 Å². The Balaban J connectivity index is 0.00000280. The van der Waals surface area contributed by atoms with Crippen molar-refractivity contribution in [2.24, 2.45) is 4.99 Å². The van der Waals surface area contributed by atoms with Crippen LogP contribution in [0.2, 0.25) is 5.02 Å². The van der Waals surface area contributed by atoms with Gasteiger partial charge in [0.25, 0.3) is 0 Å². The fraction of sp³-hybridized carbons (Fsp3) is 0.650. The topological polar surface area (TPSA) is 58.1 Å². The standard InChI is InChI=1S/C20H31ClN4O2.HI/c1-3-7-25-8-5-16(6-9-25)24-20(22-4-2)23-14-15-12-17(21)19-18(13-15)26-10-11-27-19;/h12-13,16H,3-11,14H2,1-2H3,(H2,22,23,24);1H. The molecule has 8 heteroatoms. The van der Waals surface area contributed by atoms with E-state index in [-0.39, 0.29) is 24.0 Å². The molecule has 1 aromatic carbocycles. The largest absolute Gasteiger partial charge is 0.486 e. The van der Waals surface area contributed by atoms with E-state index in [9.17, 15) is 0 Å². The van der Waals surface area contributed by atoms with Crippen LogP contribution in [0.15, 0.2) is 17.1 Å². The van der Waals surface area contributed by atoms with Crippen molar-refractivity contribution in [3.05, 3.63) is 22.7 Å². The van der Waals surface area contributed by atoms with Crippen LogP contribution in [0, 0.1) is 0 Å². The maximum atomic E-state index is 6.33. The molecular formula is C20H32ClIN4O2. The molecule has 0 amide bonds. The summed E-state index contributed by atoms with van der Waals surface area (Å²) < 4.78 is 11.2. The minimum atomic E-state index is 0. The number of benzene rings is 1. The van der Waals surface area contributed by atoms with Gasteiger partial charge in [-0.15, -0.1) is 24.0 Å². The number of fused-ring (bicyclic) bond motifs is 1. The monoisotopic (exact) mass is 522 g/mol.